The van der Waals surface area contributed by atoms with Crippen LogP contribution in [0.25, 0.3) is 17.0 Å². The molecule has 168 valence electrons. The molecule has 32 heavy (non-hydrogen) atoms. The monoisotopic (exact) mass is 447 g/mol. The van der Waals surface area contributed by atoms with E-state index < -0.39 is 12.1 Å². The fourth-order valence-electron chi connectivity index (χ4n) is 2.69. The number of amides is 1. The van der Waals surface area contributed by atoms with Crippen molar-refractivity contribution in [3.05, 3.63) is 72.8 Å². The van der Waals surface area contributed by atoms with E-state index in [2.05, 4.69) is 38.1 Å². The average molecular weight is 447 g/mol. The maximum absolute atomic E-state index is 12.6. The lowest BCUT2D eigenvalue weighted by Gasteiger charge is -2.15. The Morgan fingerprint density at radius 2 is 2.09 bits per heavy atom. The second-order valence-electron chi connectivity index (χ2n) is 6.87. The molecule has 2 heterocycles. The highest BCUT2D eigenvalue weighted by molar-refractivity contribution is 5.95. The summed E-state index contributed by atoms with van der Waals surface area (Å²) in [4.78, 5) is 22.0. The van der Waals surface area contributed by atoms with Crippen molar-refractivity contribution < 1.29 is 26.9 Å². The van der Waals surface area contributed by atoms with Crippen molar-refractivity contribution in [2.24, 2.45) is 0 Å². The van der Waals surface area contributed by atoms with Gasteiger partial charge < -0.3 is 14.3 Å². The number of nitrogens with zero attached hydrogens (tertiary/aromatic N) is 4. The number of rotatable bonds is 9. The molecular weight excluding hydrogens is 427 g/mol. The molecule has 0 aliphatic rings. The summed E-state index contributed by atoms with van der Waals surface area (Å²) >= 11 is 0. The van der Waals surface area contributed by atoms with E-state index in [9.17, 15) is 18.0 Å². The van der Waals surface area contributed by atoms with Crippen molar-refractivity contribution in [3.63, 3.8) is 0 Å². The third-order valence-corrected chi connectivity index (χ3v) is 4.34. The van der Waals surface area contributed by atoms with Crippen LogP contribution in [0.15, 0.2) is 58.7 Å². The van der Waals surface area contributed by atoms with Gasteiger partial charge in [0.05, 0.1) is 5.69 Å². The molecule has 0 aliphatic heterocycles. The van der Waals surface area contributed by atoms with Gasteiger partial charge in [-0.15, -0.1) is 0 Å². The molecule has 3 aromatic rings. The summed E-state index contributed by atoms with van der Waals surface area (Å²) in [5, 5.41) is 6.09. The van der Waals surface area contributed by atoms with Gasteiger partial charge in [0.2, 0.25) is 11.7 Å². The highest BCUT2D eigenvalue weighted by Crippen LogP contribution is 2.29. The Morgan fingerprint density at radius 1 is 1.31 bits per heavy atom. The molecule has 0 saturated carbocycles. The van der Waals surface area contributed by atoms with Crippen LogP contribution in [0.3, 0.4) is 0 Å². The Morgan fingerprint density at radius 3 is 2.78 bits per heavy atom. The second kappa shape index (κ2) is 9.60. The maximum Gasteiger partial charge on any atom is 0.471 e. The summed E-state index contributed by atoms with van der Waals surface area (Å²) in [5.74, 6) is -1.68. The number of carbonyl (C=O) groups is 1. The number of benzene rings is 1. The minimum Gasteiger partial charge on any atom is -0.444 e. The molecule has 11 heteroatoms. The van der Waals surface area contributed by atoms with Gasteiger partial charge >= 0.3 is 12.1 Å². The van der Waals surface area contributed by atoms with Gasteiger partial charge in [-0.2, -0.15) is 18.2 Å². The lowest BCUT2D eigenvalue weighted by molar-refractivity contribution is -0.159. The Balaban J connectivity index is 1.53. The van der Waals surface area contributed by atoms with E-state index in [4.69, 9.17) is 4.42 Å². The Bertz CT molecular complexity index is 1120. The molecule has 0 fully saturated rings. The summed E-state index contributed by atoms with van der Waals surface area (Å²) in [6.07, 6.45) is -1.65. The Kier molecular flexibility index (Phi) is 6.89. The van der Waals surface area contributed by atoms with Gasteiger partial charge in [0.15, 0.2) is 0 Å². The van der Waals surface area contributed by atoms with Crippen LogP contribution in [-0.2, 0) is 12.7 Å². The number of hydrogen-bond donors (Lipinski definition) is 1. The van der Waals surface area contributed by atoms with Gasteiger partial charge in [0.25, 0.3) is 5.91 Å². The van der Waals surface area contributed by atoms with E-state index in [1.165, 1.54) is 30.5 Å². The summed E-state index contributed by atoms with van der Waals surface area (Å²) < 4.78 is 47.5. The van der Waals surface area contributed by atoms with Crippen molar-refractivity contribution in [3.8, 4) is 11.4 Å². The van der Waals surface area contributed by atoms with E-state index in [0.717, 1.165) is 0 Å². The Hall–Kier alpha value is -3.73. The number of nitrogens with one attached hydrogen (secondary N) is 1. The van der Waals surface area contributed by atoms with Crippen molar-refractivity contribution in [1.82, 2.24) is 25.3 Å². The first kappa shape index (κ1) is 22.9. The van der Waals surface area contributed by atoms with Gasteiger partial charge in [0, 0.05) is 36.3 Å². The van der Waals surface area contributed by atoms with Crippen LogP contribution in [0.2, 0.25) is 0 Å². The molecule has 3 rings (SSSR count). The molecular formula is C21H20F3N5O3. The van der Waals surface area contributed by atoms with Gasteiger partial charge in [-0.3, -0.25) is 9.69 Å². The summed E-state index contributed by atoms with van der Waals surface area (Å²) in [6.45, 7) is 8.75. The molecule has 2 aromatic heterocycles. The molecule has 0 aliphatic carbocycles. The largest absolute Gasteiger partial charge is 0.471 e. The first-order valence-corrected chi connectivity index (χ1v) is 9.41. The van der Waals surface area contributed by atoms with Gasteiger partial charge in [-0.1, -0.05) is 36.5 Å². The minimum absolute atomic E-state index is 0.233. The minimum atomic E-state index is -4.74. The van der Waals surface area contributed by atoms with Crippen LogP contribution in [-0.4, -0.2) is 46.1 Å². The van der Waals surface area contributed by atoms with Gasteiger partial charge in [0.1, 0.15) is 6.26 Å². The van der Waals surface area contributed by atoms with Crippen LogP contribution in [0.1, 0.15) is 27.8 Å². The van der Waals surface area contributed by atoms with E-state index in [1.807, 2.05) is 11.9 Å². The average Bonchev–Trinajstić information content (AvgIpc) is 3.43. The Labute approximate surface area is 181 Å². The van der Waals surface area contributed by atoms with Crippen molar-refractivity contribution >= 4 is 11.5 Å². The van der Waals surface area contributed by atoms with E-state index in [1.54, 1.807) is 6.08 Å². The molecule has 0 unspecified atom stereocenters. The molecule has 8 nitrogen and oxygen atoms in total. The summed E-state index contributed by atoms with van der Waals surface area (Å²) in [5.41, 5.74) is 1.79. The number of aromatic nitrogens is 3. The zero-order valence-electron chi connectivity index (χ0n) is 17.1. The van der Waals surface area contributed by atoms with Crippen LogP contribution < -0.4 is 5.32 Å². The fourth-order valence-corrected chi connectivity index (χ4v) is 2.69. The molecule has 0 atom stereocenters. The molecule has 1 N–H and O–H groups in total. The SMILES string of the molecule is C=CC(=C)c1nc(CN(C)CCNC(=O)c2cccc(-c3noc(C(F)(F)F)n3)c2)co1. The summed E-state index contributed by atoms with van der Waals surface area (Å²) in [6, 6.07) is 5.95. The number of oxazole rings is 1. The molecule has 0 saturated heterocycles. The number of allylic oxidation sites excluding steroid dienone is 2. The highest BCUT2D eigenvalue weighted by atomic mass is 19.4. The van der Waals surface area contributed by atoms with Crippen molar-refractivity contribution in [1.29, 1.82) is 0 Å². The lowest BCUT2D eigenvalue weighted by atomic mass is 10.1. The molecule has 1 aromatic carbocycles. The first-order chi connectivity index (χ1) is 15.2. The van der Waals surface area contributed by atoms with Crippen molar-refractivity contribution in [2.75, 3.05) is 20.1 Å². The third kappa shape index (κ3) is 5.70. The summed E-state index contributed by atoms with van der Waals surface area (Å²) in [7, 11) is 1.86. The molecule has 0 radical (unpaired) electrons. The quantitative estimate of drug-likeness (QED) is 0.498. The van der Waals surface area contributed by atoms with Crippen LogP contribution >= 0.6 is 0 Å². The number of carbonyl (C=O) groups excluding carboxylic acids is 1. The predicted molar refractivity (Wildman–Crippen MR) is 109 cm³/mol. The van der Waals surface area contributed by atoms with Crippen LogP contribution in [0.5, 0.6) is 0 Å². The van der Waals surface area contributed by atoms with Crippen LogP contribution in [0.4, 0.5) is 13.2 Å². The third-order valence-electron chi connectivity index (χ3n) is 4.34. The van der Waals surface area contributed by atoms with Gasteiger partial charge in [-0.25, -0.2) is 4.98 Å². The number of halogens is 3. The van der Waals surface area contributed by atoms with Gasteiger partial charge in [-0.05, 0) is 19.2 Å². The number of hydrogen-bond acceptors (Lipinski definition) is 7. The normalized spacial score (nSPS) is 11.5. The van der Waals surface area contributed by atoms with Crippen molar-refractivity contribution in [2.45, 2.75) is 12.7 Å². The topological polar surface area (TPSA) is 97.3 Å². The van der Waals surface area contributed by atoms with E-state index in [0.29, 0.717) is 36.8 Å². The molecule has 1 amide bonds. The number of alkyl halides is 3. The standard InChI is InChI=1S/C21H20F3N5O3/c1-4-13(2)19-26-16(12-31-19)11-29(3)9-8-25-18(30)15-7-5-6-14(10-15)17-27-20(32-28-17)21(22,23)24/h4-7,10,12H,1-2,8-9,11H2,3H3,(H,25,30). The smallest absolute Gasteiger partial charge is 0.444 e. The van der Waals surface area contributed by atoms with E-state index in [-0.39, 0.29) is 22.9 Å². The predicted octanol–water partition coefficient (Wildman–Crippen LogP) is 3.80. The van der Waals surface area contributed by atoms with E-state index >= 15 is 0 Å². The highest BCUT2D eigenvalue weighted by Gasteiger charge is 2.38. The fraction of sp³-hybridized carbons (Fsp3) is 0.238. The maximum atomic E-state index is 12.6. The second-order valence-corrected chi connectivity index (χ2v) is 6.87. The first-order valence-electron chi connectivity index (χ1n) is 9.41. The molecule has 0 spiro atoms. The van der Waals surface area contributed by atoms with Crippen LogP contribution in [0, 0.1) is 0 Å². The zero-order valence-corrected chi connectivity index (χ0v) is 17.1. The molecule has 0 bridgehead atoms. The number of likely N-dealkylation sites (N-methyl/N-ethyl adjacent to an activating group) is 1. The zero-order chi connectivity index (χ0) is 23.3. The lowest BCUT2D eigenvalue weighted by Crippen LogP contribution is -2.32.